The molecule has 0 radical (unpaired) electrons. The van der Waals surface area contributed by atoms with Crippen LogP contribution in [0.3, 0.4) is 0 Å². The fraction of sp³-hybridized carbons (Fsp3) is 0.176. The molecule has 0 atom stereocenters. The zero-order valence-corrected chi connectivity index (χ0v) is 15.7. The van der Waals surface area contributed by atoms with Gasteiger partial charge in [0.15, 0.2) is 0 Å². The molecule has 2 N–H and O–H groups in total. The maximum atomic E-state index is 13.2. The van der Waals surface area contributed by atoms with E-state index in [0.29, 0.717) is 28.1 Å². The molecule has 0 aliphatic heterocycles. The standard InChI is InChI=1S/C17H18BrClFN3O/c1-11(9-12(2)22-16(24)5-4-8-18)17(21-3)23-13-6-7-15(20)14(19)10-13/h4-7,9-10H,1,8H2,2-3H3,(H,21,23)(H,22,24)/b5-4+,12-9+. The van der Waals surface area contributed by atoms with E-state index >= 15 is 0 Å². The molecule has 0 saturated carbocycles. The minimum absolute atomic E-state index is 0.0126. The van der Waals surface area contributed by atoms with Crippen LogP contribution < -0.4 is 10.6 Å². The molecule has 1 aromatic carbocycles. The molecule has 0 fully saturated rings. The van der Waals surface area contributed by atoms with Crippen LogP contribution in [0, 0.1) is 5.82 Å². The summed E-state index contributed by atoms with van der Waals surface area (Å²) in [5.74, 6) is -0.252. The van der Waals surface area contributed by atoms with Crippen molar-refractivity contribution in [3.63, 3.8) is 0 Å². The topological polar surface area (TPSA) is 53.5 Å². The van der Waals surface area contributed by atoms with Crippen molar-refractivity contribution in [3.05, 3.63) is 65.1 Å². The average Bonchev–Trinajstić information content (AvgIpc) is 2.53. The molecular weight excluding hydrogens is 397 g/mol. The SMILES string of the molecule is C=C(/C=C(\C)NC(=O)/C=C/CBr)C(=NC)Nc1ccc(F)c(Cl)c1. The number of aliphatic imine (C=N–C) groups is 1. The van der Waals surface area contributed by atoms with Gasteiger partial charge < -0.3 is 10.6 Å². The molecule has 0 aliphatic rings. The van der Waals surface area contributed by atoms with Crippen molar-refractivity contribution in [1.82, 2.24) is 5.32 Å². The Kier molecular flexibility index (Phi) is 8.43. The number of benzene rings is 1. The van der Waals surface area contributed by atoms with E-state index in [1.165, 1.54) is 18.2 Å². The van der Waals surface area contributed by atoms with Gasteiger partial charge in [0, 0.05) is 35.4 Å². The number of amidine groups is 1. The highest BCUT2D eigenvalue weighted by Gasteiger charge is 2.06. The third-order valence-electron chi connectivity index (χ3n) is 2.78. The molecule has 1 aromatic rings. The van der Waals surface area contributed by atoms with Crippen molar-refractivity contribution in [3.8, 4) is 0 Å². The van der Waals surface area contributed by atoms with Gasteiger partial charge in [-0.25, -0.2) is 4.39 Å². The fourth-order valence-corrected chi connectivity index (χ4v) is 2.11. The van der Waals surface area contributed by atoms with Crippen LogP contribution in [0.15, 0.2) is 59.3 Å². The molecule has 7 heteroatoms. The summed E-state index contributed by atoms with van der Waals surface area (Å²) in [6.45, 7) is 5.66. The first-order chi connectivity index (χ1) is 11.4. The molecule has 0 unspecified atom stereocenters. The van der Waals surface area contributed by atoms with Crippen LogP contribution in [0.4, 0.5) is 10.1 Å². The summed E-state index contributed by atoms with van der Waals surface area (Å²) in [7, 11) is 1.60. The number of anilines is 1. The van der Waals surface area contributed by atoms with E-state index in [1.807, 2.05) is 0 Å². The monoisotopic (exact) mass is 413 g/mol. The lowest BCUT2D eigenvalue weighted by Crippen LogP contribution is -2.20. The number of rotatable bonds is 6. The number of allylic oxidation sites excluding steroid dienone is 2. The molecule has 128 valence electrons. The lowest BCUT2D eigenvalue weighted by Gasteiger charge is -2.11. The van der Waals surface area contributed by atoms with E-state index in [2.05, 4.69) is 38.1 Å². The minimum Gasteiger partial charge on any atom is -0.340 e. The first-order valence-corrected chi connectivity index (χ1v) is 8.47. The van der Waals surface area contributed by atoms with Gasteiger partial charge in [-0.1, -0.05) is 40.2 Å². The van der Waals surface area contributed by atoms with Gasteiger partial charge in [-0.05, 0) is 31.2 Å². The molecule has 0 bridgehead atoms. The third-order valence-corrected chi connectivity index (χ3v) is 3.44. The molecule has 24 heavy (non-hydrogen) atoms. The molecule has 0 aromatic heterocycles. The Morgan fingerprint density at radius 2 is 2.21 bits per heavy atom. The number of nitrogens with one attached hydrogen (secondary N) is 2. The molecular formula is C17H18BrClFN3O. The number of alkyl halides is 1. The second-order valence-electron chi connectivity index (χ2n) is 4.72. The van der Waals surface area contributed by atoms with Crippen LogP contribution >= 0.6 is 27.5 Å². The maximum absolute atomic E-state index is 13.2. The number of halogens is 3. The van der Waals surface area contributed by atoms with E-state index in [4.69, 9.17) is 11.6 Å². The summed E-state index contributed by atoms with van der Waals surface area (Å²) >= 11 is 8.96. The Labute approximate surface area is 154 Å². The van der Waals surface area contributed by atoms with Crippen molar-refractivity contribution < 1.29 is 9.18 Å². The largest absolute Gasteiger partial charge is 0.340 e. The van der Waals surface area contributed by atoms with Crippen LogP contribution in [-0.2, 0) is 4.79 Å². The number of nitrogens with zero attached hydrogens (tertiary/aromatic N) is 1. The van der Waals surface area contributed by atoms with Gasteiger partial charge in [0.05, 0.1) is 5.02 Å². The van der Waals surface area contributed by atoms with Crippen molar-refractivity contribution in [1.29, 1.82) is 0 Å². The summed E-state index contributed by atoms with van der Waals surface area (Å²) in [5.41, 5.74) is 1.75. The van der Waals surface area contributed by atoms with Gasteiger partial charge in [0.1, 0.15) is 11.7 Å². The quantitative estimate of drug-likeness (QED) is 0.238. The molecule has 0 heterocycles. The van der Waals surface area contributed by atoms with Crippen molar-refractivity contribution in [2.24, 2.45) is 4.99 Å². The zero-order chi connectivity index (χ0) is 18.1. The number of carbonyl (C=O) groups excluding carboxylic acids is 1. The molecule has 4 nitrogen and oxygen atoms in total. The summed E-state index contributed by atoms with van der Waals surface area (Å²) in [6, 6.07) is 4.26. The predicted molar refractivity (Wildman–Crippen MR) is 102 cm³/mol. The number of carbonyl (C=O) groups is 1. The maximum Gasteiger partial charge on any atom is 0.247 e. The smallest absolute Gasteiger partial charge is 0.247 e. The third kappa shape index (κ3) is 6.68. The highest BCUT2D eigenvalue weighted by molar-refractivity contribution is 9.09. The molecule has 1 amide bonds. The Balaban J connectivity index is 2.79. The highest BCUT2D eigenvalue weighted by atomic mass is 79.9. The zero-order valence-electron chi connectivity index (χ0n) is 13.4. The van der Waals surface area contributed by atoms with Crippen LogP contribution in [0.5, 0.6) is 0 Å². The first-order valence-electron chi connectivity index (χ1n) is 6.97. The van der Waals surface area contributed by atoms with Gasteiger partial charge in [-0.15, -0.1) is 0 Å². The highest BCUT2D eigenvalue weighted by Crippen LogP contribution is 2.20. The molecule has 1 rings (SSSR count). The second-order valence-corrected chi connectivity index (χ2v) is 5.78. The van der Waals surface area contributed by atoms with Crippen LogP contribution in [0.1, 0.15) is 6.92 Å². The van der Waals surface area contributed by atoms with Crippen molar-refractivity contribution >= 4 is 45.0 Å². The van der Waals surface area contributed by atoms with E-state index < -0.39 is 5.82 Å². The Hall–Kier alpha value is -1.92. The molecule has 0 spiro atoms. The van der Waals surface area contributed by atoms with Gasteiger partial charge in [0.25, 0.3) is 0 Å². The van der Waals surface area contributed by atoms with Gasteiger partial charge in [-0.3, -0.25) is 9.79 Å². The van der Waals surface area contributed by atoms with Crippen LogP contribution in [0.2, 0.25) is 5.02 Å². The van der Waals surface area contributed by atoms with Crippen LogP contribution in [0.25, 0.3) is 0 Å². The number of amides is 1. The summed E-state index contributed by atoms with van der Waals surface area (Å²) in [4.78, 5) is 15.7. The van der Waals surface area contributed by atoms with Gasteiger partial charge in [-0.2, -0.15) is 0 Å². The summed E-state index contributed by atoms with van der Waals surface area (Å²) in [5, 5.41) is 6.33. The van der Waals surface area contributed by atoms with Crippen molar-refractivity contribution in [2.75, 3.05) is 17.7 Å². The lowest BCUT2D eigenvalue weighted by molar-refractivity contribution is -0.115. The summed E-state index contributed by atoms with van der Waals surface area (Å²) < 4.78 is 13.2. The van der Waals surface area contributed by atoms with Crippen LogP contribution in [-0.4, -0.2) is 24.1 Å². The number of hydrogen-bond donors (Lipinski definition) is 2. The minimum atomic E-state index is -0.494. The van der Waals surface area contributed by atoms with Gasteiger partial charge in [0.2, 0.25) is 5.91 Å². The first kappa shape index (κ1) is 20.1. The predicted octanol–water partition coefficient (Wildman–Crippen LogP) is 4.45. The van der Waals surface area contributed by atoms with E-state index in [1.54, 1.807) is 32.2 Å². The average molecular weight is 415 g/mol. The van der Waals surface area contributed by atoms with E-state index in [9.17, 15) is 9.18 Å². The normalized spacial score (nSPS) is 12.4. The lowest BCUT2D eigenvalue weighted by atomic mass is 10.2. The number of hydrogen-bond acceptors (Lipinski definition) is 2. The second kappa shape index (κ2) is 10.1. The van der Waals surface area contributed by atoms with Crippen molar-refractivity contribution in [2.45, 2.75) is 6.92 Å². The molecule has 0 saturated heterocycles. The molecule has 0 aliphatic carbocycles. The Bertz CT molecular complexity index is 714. The van der Waals surface area contributed by atoms with E-state index in [-0.39, 0.29) is 10.9 Å². The Morgan fingerprint density at radius 1 is 1.50 bits per heavy atom. The fourth-order valence-electron chi connectivity index (χ4n) is 1.74. The summed E-state index contributed by atoms with van der Waals surface area (Å²) in [6.07, 6.45) is 4.80. The van der Waals surface area contributed by atoms with Gasteiger partial charge >= 0.3 is 0 Å². The van der Waals surface area contributed by atoms with E-state index in [0.717, 1.165) is 0 Å². The Morgan fingerprint density at radius 3 is 2.79 bits per heavy atom.